The van der Waals surface area contributed by atoms with E-state index in [0.717, 1.165) is 71.7 Å². The topological polar surface area (TPSA) is 74.9 Å². The van der Waals surface area contributed by atoms with Crippen molar-refractivity contribution in [2.75, 3.05) is 78.3 Å². The maximum absolute atomic E-state index is 12.6. The first-order valence-electron chi connectivity index (χ1n) is 9.43. The van der Waals surface area contributed by atoms with Gasteiger partial charge in [-0.15, -0.1) is 0 Å². The van der Waals surface area contributed by atoms with Gasteiger partial charge in [0.05, 0.1) is 19.4 Å². The van der Waals surface area contributed by atoms with Gasteiger partial charge < -0.3 is 29.9 Å². The summed E-state index contributed by atoms with van der Waals surface area (Å²) in [5, 5.41) is 10.4. The number of hydrogen-bond acceptors (Lipinski definition) is 7. The zero-order valence-electron chi connectivity index (χ0n) is 15.5. The first-order chi connectivity index (χ1) is 11.7. The maximum atomic E-state index is 12.6. The SMILES string of the molecule is CCOP(=O)(CCN1CCCNCCNCCCNCC1)OCC. The van der Waals surface area contributed by atoms with Crippen LogP contribution in [0.15, 0.2) is 0 Å². The Kier molecular flexibility index (Phi) is 13.0. The van der Waals surface area contributed by atoms with Crippen LogP contribution >= 0.6 is 7.60 Å². The van der Waals surface area contributed by atoms with Gasteiger partial charge in [0.1, 0.15) is 0 Å². The summed E-state index contributed by atoms with van der Waals surface area (Å²) >= 11 is 0. The van der Waals surface area contributed by atoms with Crippen molar-refractivity contribution in [3.05, 3.63) is 0 Å². The van der Waals surface area contributed by atoms with Crippen LogP contribution in [0.5, 0.6) is 0 Å². The summed E-state index contributed by atoms with van der Waals surface area (Å²) in [6.45, 7) is 13.4. The van der Waals surface area contributed by atoms with Crippen LogP contribution in [-0.4, -0.2) is 83.2 Å². The summed E-state index contributed by atoms with van der Waals surface area (Å²) in [6.07, 6.45) is 2.70. The lowest BCUT2D eigenvalue weighted by molar-refractivity contribution is 0.211. The Morgan fingerprint density at radius 2 is 1.42 bits per heavy atom. The molecule has 0 radical (unpaired) electrons. The molecule has 0 aromatic rings. The van der Waals surface area contributed by atoms with E-state index in [4.69, 9.17) is 9.05 Å². The van der Waals surface area contributed by atoms with E-state index in [2.05, 4.69) is 20.9 Å². The van der Waals surface area contributed by atoms with Crippen molar-refractivity contribution in [2.45, 2.75) is 26.7 Å². The van der Waals surface area contributed by atoms with E-state index in [1.165, 1.54) is 0 Å². The number of hydrogen-bond donors (Lipinski definition) is 3. The fourth-order valence-corrected chi connectivity index (χ4v) is 4.36. The second-order valence-electron chi connectivity index (χ2n) is 5.97. The fourth-order valence-electron chi connectivity index (χ4n) is 2.71. The number of rotatable bonds is 7. The van der Waals surface area contributed by atoms with Crippen LogP contribution in [-0.2, 0) is 13.6 Å². The van der Waals surface area contributed by atoms with Gasteiger partial charge in [-0.2, -0.15) is 0 Å². The maximum Gasteiger partial charge on any atom is 0.331 e. The molecular formula is C16H37N4O3P. The van der Waals surface area contributed by atoms with Gasteiger partial charge in [0.25, 0.3) is 0 Å². The molecule has 0 aromatic carbocycles. The van der Waals surface area contributed by atoms with Crippen molar-refractivity contribution in [2.24, 2.45) is 0 Å². The standard InChI is InChI=1S/C16H37N4O3P/c1-3-22-24(21,23-4-2)16-15-20-13-6-9-18-11-10-17-7-5-8-19-12-14-20/h17-19H,3-16H2,1-2H3. The quantitative estimate of drug-likeness (QED) is 0.585. The predicted molar refractivity (Wildman–Crippen MR) is 100 cm³/mol. The molecule has 144 valence electrons. The zero-order chi connectivity index (χ0) is 17.5. The van der Waals surface area contributed by atoms with Crippen molar-refractivity contribution < 1.29 is 13.6 Å². The van der Waals surface area contributed by atoms with Gasteiger partial charge >= 0.3 is 7.60 Å². The van der Waals surface area contributed by atoms with Crippen molar-refractivity contribution in [3.8, 4) is 0 Å². The molecule has 7 nitrogen and oxygen atoms in total. The Morgan fingerprint density at radius 1 is 0.833 bits per heavy atom. The monoisotopic (exact) mass is 364 g/mol. The minimum Gasteiger partial charge on any atom is -0.315 e. The minimum atomic E-state index is -2.94. The Bertz CT molecular complexity index is 323. The third-order valence-electron chi connectivity index (χ3n) is 3.96. The summed E-state index contributed by atoms with van der Waals surface area (Å²) in [4.78, 5) is 2.36. The molecule has 1 saturated heterocycles. The van der Waals surface area contributed by atoms with Crippen LogP contribution in [0.1, 0.15) is 26.7 Å². The lowest BCUT2D eigenvalue weighted by Crippen LogP contribution is -2.38. The summed E-state index contributed by atoms with van der Waals surface area (Å²) in [7, 11) is -2.94. The van der Waals surface area contributed by atoms with E-state index in [1.807, 2.05) is 13.8 Å². The molecule has 0 atom stereocenters. The summed E-state index contributed by atoms with van der Waals surface area (Å²) in [5.74, 6) is 0. The van der Waals surface area contributed by atoms with Gasteiger partial charge in [-0.3, -0.25) is 4.57 Å². The molecule has 0 aromatic heterocycles. The van der Waals surface area contributed by atoms with Crippen LogP contribution in [0.4, 0.5) is 0 Å². The minimum absolute atomic E-state index is 0.427. The summed E-state index contributed by atoms with van der Waals surface area (Å²) in [6, 6.07) is 0. The smallest absolute Gasteiger partial charge is 0.315 e. The lowest BCUT2D eigenvalue weighted by atomic mass is 10.3. The van der Waals surface area contributed by atoms with Crippen molar-refractivity contribution in [1.29, 1.82) is 0 Å². The Balaban J connectivity index is 2.42. The molecule has 1 rings (SSSR count). The van der Waals surface area contributed by atoms with E-state index in [1.54, 1.807) is 0 Å². The highest BCUT2D eigenvalue weighted by molar-refractivity contribution is 7.53. The van der Waals surface area contributed by atoms with E-state index < -0.39 is 7.60 Å². The fraction of sp³-hybridized carbons (Fsp3) is 1.00. The molecule has 0 bridgehead atoms. The largest absolute Gasteiger partial charge is 0.331 e. The molecule has 8 heteroatoms. The molecule has 1 aliphatic rings. The van der Waals surface area contributed by atoms with Crippen LogP contribution in [0.2, 0.25) is 0 Å². The second-order valence-corrected chi connectivity index (χ2v) is 8.15. The Morgan fingerprint density at radius 3 is 2.04 bits per heavy atom. The highest BCUT2D eigenvalue weighted by Gasteiger charge is 2.24. The van der Waals surface area contributed by atoms with Crippen LogP contribution < -0.4 is 16.0 Å². The average molecular weight is 364 g/mol. The predicted octanol–water partition coefficient (Wildman–Crippen LogP) is 1.12. The third-order valence-corrected chi connectivity index (χ3v) is 6.01. The van der Waals surface area contributed by atoms with Gasteiger partial charge in [0.15, 0.2) is 0 Å². The average Bonchev–Trinajstić information content (AvgIpc) is 2.56. The highest BCUT2D eigenvalue weighted by atomic mass is 31.2. The number of nitrogens with one attached hydrogen (secondary N) is 3. The third kappa shape index (κ3) is 10.8. The molecule has 0 unspecified atom stereocenters. The molecule has 0 amide bonds. The molecule has 0 spiro atoms. The van der Waals surface area contributed by atoms with Crippen LogP contribution in [0.25, 0.3) is 0 Å². The molecule has 1 heterocycles. The molecule has 0 aliphatic carbocycles. The van der Waals surface area contributed by atoms with Gasteiger partial charge in [0, 0.05) is 32.7 Å². The van der Waals surface area contributed by atoms with Gasteiger partial charge in [0.2, 0.25) is 0 Å². The normalized spacial score (nSPS) is 20.6. The lowest BCUT2D eigenvalue weighted by Gasteiger charge is -2.25. The molecule has 1 fully saturated rings. The highest BCUT2D eigenvalue weighted by Crippen LogP contribution is 2.47. The zero-order valence-corrected chi connectivity index (χ0v) is 16.4. The van der Waals surface area contributed by atoms with Crippen molar-refractivity contribution in [1.82, 2.24) is 20.9 Å². The first kappa shape index (κ1) is 22.0. The van der Waals surface area contributed by atoms with Crippen molar-refractivity contribution >= 4 is 7.60 Å². The van der Waals surface area contributed by atoms with Crippen LogP contribution in [0.3, 0.4) is 0 Å². The van der Waals surface area contributed by atoms with Gasteiger partial charge in [-0.1, -0.05) is 0 Å². The summed E-state index contributed by atoms with van der Waals surface area (Å²) in [5.41, 5.74) is 0. The van der Waals surface area contributed by atoms with E-state index >= 15 is 0 Å². The second kappa shape index (κ2) is 14.2. The number of nitrogens with zero attached hydrogens (tertiary/aromatic N) is 1. The molecule has 24 heavy (non-hydrogen) atoms. The van der Waals surface area contributed by atoms with Crippen LogP contribution in [0, 0.1) is 0 Å². The molecule has 1 aliphatic heterocycles. The van der Waals surface area contributed by atoms with Gasteiger partial charge in [-0.05, 0) is 52.9 Å². The molecule has 3 N–H and O–H groups in total. The first-order valence-corrected chi connectivity index (χ1v) is 11.2. The Hall–Kier alpha value is -0.0100. The van der Waals surface area contributed by atoms with E-state index in [-0.39, 0.29) is 0 Å². The summed E-state index contributed by atoms with van der Waals surface area (Å²) < 4.78 is 23.4. The van der Waals surface area contributed by atoms with E-state index in [0.29, 0.717) is 19.4 Å². The molecule has 0 saturated carbocycles. The van der Waals surface area contributed by atoms with Gasteiger partial charge in [-0.25, -0.2) is 0 Å². The Labute approximate surface area is 147 Å². The van der Waals surface area contributed by atoms with Crippen molar-refractivity contribution in [3.63, 3.8) is 0 Å². The van der Waals surface area contributed by atoms with E-state index in [9.17, 15) is 4.57 Å². The molecular weight excluding hydrogens is 327 g/mol.